The molecule has 1 aliphatic rings. The number of aromatic nitrogens is 2. The molecule has 0 radical (unpaired) electrons. The lowest BCUT2D eigenvalue weighted by atomic mass is 10.1. The Labute approximate surface area is 141 Å². The molecule has 1 fully saturated rings. The van der Waals surface area contributed by atoms with Crippen LogP contribution in [0.2, 0.25) is 0 Å². The van der Waals surface area contributed by atoms with Gasteiger partial charge in [0.15, 0.2) is 0 Å². The van der Waals surface area contributed by atoms with Gasteiger partial charge in [-0.2, -0.15) is 5.10 Å². The van der Waals surface area contributed by atoms with Gasteiger partial charge in [-0.1, -0.05) is 37.3 Å². The monoisotopic (exact) mass is 330 g/mol. The van der Waals surface area contributed by atoms with E-state index in [1.807, 2.05) is 49.1 Å². The molecule has 128 valence electrons. The average Bonchev–Trinajstić information content (AvgIpc) is 2.92. The molecule has 7 nitrogen and oxygen atoms in total. The van der Waals surface area contributed by atoms with E-state index in [1.165, 1.54) is 0 Å². The summed E-state index contributed by atoms with van der Waals surface area (Å²) in [6, 6.07) is 9.97. The van der Waals surface area contributed by atoms with E-state index >= 15 is 0 Å². The molecule has 1 aliphatic heterocycles. The van der Waals surface area contributed by atoms with Crippen LogP contribution in [0.15, 0.2) is 30.3 Å². The van der Waals surface area contributed by atoms with Gasteiger partial charge in [0.1, 0.15) is 11.8 Å². The van der Waals surface area contributed by atoms with Gasteiger partial charge < -0.3 is 9.64 Å². The summed E-state index contributed by atoms with van der Waals surface area (Å²) in [6.07, 6.45) is 0.393. The molecule has 1 aromatic heterocycles. The minimum absolute atomic E-state index is 0.0245. The Hall–Kier alpha value is -2.41. The number of rotatable bonds is 4. The maximum absolute atomic E-state index is 11.6. The van der Waals surface area contributed by atoms with E-state index in [0.717, 1.165) is 5.56 Å². The van der Waals surface area contributed by atoms with Gasteiger partial charge in [-0.15, -0.1) is 0 Å². The van der Waals surface area contributed by atoms with Crippen molar-refractivity contribution in [3.8, 4) is 0 Å². The summed E-state index contributed by atoms with van der Waals surface area (Å²) in [5.41, 5.74) is 1.71. The number of hydrogen-bond donors (Lipinski definition) is 0. The SMILES string of the molecule is CCc1nn(C)c(N2CC(C)OC(c3ccccc3)C2)c1[N+](=O)[O-]. The lowest BCUT2D eigenvalue weighted by molar-refractivity contribution is -0.384. The number of hydrogen-bond acceptors (Lipinski definition) is 5. The van der Waals surface area contributed by atoms with Crippen molar-refractivity contribution in [1.29, 1.82) is 0 Å². The highest BCUT2D eigenvalue weighted by atomic mass is 16.6. The largest absolute Gasteiger partial charge is 0.367 e. The molecule has 24 heavy (non-hydrogen) atoms. The lowest BCUT2D eigenvalue weighted by Gasteiger charge is -2.37. The molecule has 0 spiro atoms. The highest BCUT2D eigenvalue weighted by Gasteiger charge is 2.35. The first-order valence-electron chi connectivity index (χ1n) is 8.16. The maximum Gasteiger partial charge on any atom is 0.334 e. The average molecular weight is 330 g/mol. The van der Waals surface area contributed by atoms with E-state index in [4.69, 9.17) is 4.74 Å². The first-order chi connectivity index (χ1) is 11.5. The highest BCUT2D eigenvalue weighted by molar-refractivity contribution is 5.62. The molecule has 0 amide bonds. The van der Waals surface area contributed by atoms with Crippen LogP contribution in [0.1, 0.15) is 31.2 Å². The number of nitrogens with zero attached hydrogens (tertiary/aromatic N) is 4. The zero-order chi connectivity index (χ0) is 17.3. The minimum atomic E-state index is -0.321. The minimum Gasteiger partial charge on any atom is -0.367 e. The Morgan fingerprint density at radius 1 is 1.33 bits per heavy atom. The number of benzene rings is 1. The maximum atomic E-state index is 11.6. The summed E-state index contributed by atoms with van der Waals surface area (Å²) < 4.78 is 7.68. The van der Waals surface area contributed by atoms with Gasteiger partial charge in [0.2, 0.25) is 5.82 Å². The zero-order valence-electron chi connectivity index (χ0n) is 14.2. The molecule has 7 heteroatoms. The van der Waals surface area contributed by atoms with Crippen molar-refractivity contribution >= 4 is 11.5 Å². The van der Waals surface area contributed by atoms with Crippen molar-refractivity contribution in [2.75, 3.05) is 18.0 Å². The highest BCUT2D eigenvalue weighted by Crippen LogP contribution is 2.36. The molecule has 0 aliphatic carbocycles. The van der Waals surface area contributed by atoms with E-state index < -0.39 is 0 Å². The Morgan fingerprint density at radius 2 is 2.04 bits per heavy atom. The van der Waals surface area contributed by atoms with E-state index in [1.54, 1.807) is 11.7 Å². The van der Waals surface area contributed by atoms with Crippen LogP contribution in [0.4, 0.5) is 11.5 Å². The second kappa shape index (κ2) is 6.60. The Morgan fingerprint density at radius 3 is 2.67 bits per heavy atom. The predicted molar refractivity (Wildman–Crippen MR) is 91.2 cm³/mol. The van der Waals surface area contributed by atoms with Gasteiger partial charge in [0.25, 0.3) is 0 Å². The molecule has 3 rings (SSSR count). The fourth-order valence-corrected chi connectivity index (χ4v) is 3.31. The van der Waals surface area contributed by atoms with Crippen LogP contribution in [0.3, 0.4) is 0 Å². The van der Waals surface area contributed by atoms with Gasteiger partial charge in [-0.3, -0.25) is 10.1 Å². The molecule has 1 saturated heterocycles. The fraction of sp³-hybridized carbons (Fsp3) is 0.471. The smallest absolute Gasteiger partial charge is 0.334 e. The Kier molecular flexibility index (Phi) is 4.53. The van der Waals surface area contributed by atoms with Crippen molar-refractivity contribution in [1.82, 2.24) is 9.78 Å². The van der Waals surface area contributed by atoms with Crippen LogP contribution in [0.5, 0.6) is 0 Å². The van der Waals surface area contributed by atoms with Crippen molar-refractivity contribution in [3.63, 3.8) is 0 Å². The second-order valence-electron chi connectivity index (χ2n) is 6.10. The van der Waals surface area contributed by atoms with Crippen LogP contribution in [0.25, 0.3) is 0 Å². The predicted octanol–water partition coefficient (Wildman–Crippen LogP) is 2.86. The van der Waals surface area contributed by atoms with Gasteiger partial charge in [0.05, 0.1) is 17.6 Å². The third kappa shape index (κ3) is 2.99. The number of morpholine rings is 1. The number of ether oxygens (including phenoxy) is 1. The van der Waals surface area contributed by atoms with Crippen LogP contribution in [0, 0.1) is 10.1 Å². The molecule has 2 heterocycles. The molecular formula is C17H22N4O3. The normalized spacial score (nSPS) is 21.0. The van der Waals surface area contributed by atoms with Crippen LogP contribution in [-0.4, -0.2) is 33.9 Å². The zero-order valence-corrected chi connectivity index (χ0v) is 14.2. The van der Waals surface area contributed by atoms with E-state index in [2.05, 4.69) is 5.10 Å². The summed E-state index contributed by atoms with van der Waals surface area (Å²) in [5, 5.41) is 15.9. The molecule has 1 aromatic carbocycles. The molecule has 0 saturated carbocycles. The number of anilines is 1. The van der Waals surface area contributed by atoms with Crippen molar-refractivity contribution in [2.24, 2.45) is 7.05 Å². The van der Waals surface area contributed by atoms with Gasteiger partial charge in [0, 0.05) is 13.6 Å². The summed E-state index contributed by atoms with van der Waals surface area (Å²) >= 11 is 0. The molecule has 0 N–H and O–H groups in total. The molecule has 0 bridgehead atoms. The lowest BCUT2D eigenvalue weighted by Crippen LogP contribution is -2.44. The van der Waals surface area contributed by atoms with E-state index in [9.17, 15) is 10.1 Å². The Bertz CT molecular complexity index is 729. The molecule has 2 aromatic rings. The van der Waals surface area contributed by atoms with Crippen molar-refractivity contribution in [3.05, 3.63) is 51.7 Å². The Balaban J connectivity index is 1.97. The third-order valence-corrected chi connectivity index (χ3v) is 4.31. The summed E-state index contributed by atoms with van der Waals surface area (Å²) in [5.74, 6) is 0.563. The first kappa shape index (κ1) is 16.4. The quantitative estimate of drug-likeness (QED) is 0.636. The number of nitro groups is 1. The third-order valence-electron chi connectivity index (χ3n) is 4.31. The topological polar surface area (TPSA) is 73.4 Å². The molecule has 2 unspecified atom stereocenters. The second-order valence-corrected chi connectivity index (χ2v) is 6.10. The number of aryl methyl sites for hydroxylation is 2. The van der Waals surface area contributed by atoms with Crippen LogP contribution in [-0.2, 0) is 18.2 Å². The van der Waals surface area contributed by atoms with E-state index in [-0.39, 0.29) is 22.8 Å². The van der Waals surface area contributed by atoms with Gasteiger partial charge in [-0.25, -0.2) is 4.68 Å². The van der Waals surface area contributed by atoms with Crippen molar-refractivity contribution in [2.45, 2.75) is 32.5 Å². The van der Waals surface area contributed by atoms with Gasteiger partial charge >= 0.3 is 5.69 Å². The summed E-state index contributed by atoms with van der Waals surface area (Å²) in [7, 11) is 1.76. The molecule has 2 atom stereocenters. The summed E-state index contributed by atoms with van der Waals surface area (Å²) in [6.45, 7) is 5.05. The summed E-state index contributed by atoms with van der Waals surface area (Å²) in [4.78, 5) is 13.3. The van der Waals surface area contributed by atoms with E-state index in [0.29, 0.717) is 31.0 Å². The first-order valence-corrected chi connectivity index (χ1v) is 8.16. The van der Waals surface area contributed by atoms with Gasteiger partial charge in [-0.05, 0) is 18.9 Å². The molecular weight excluding hydrogens is 308 g/mol. The standard InChI is InChI=1S/C17H22N4O3/c1-4-14-16(21(22)23)17(19(3)18-14)20-10-12(2)24-15(11-20)13-8-6-5-7-9-13/h5-9,12,15H,4,10-11H2,1-3H3. The fourth-order valence-electron chi connectivity index (χ4n) is 3.31. The van der Waals surface area contributed by atoms with Crippen molar-refractivity contribution < 1.29 is 9.66 Å². The van der Waals surface area contributed by atoms with Crippen LogP contribution < -0.4 is 4.90 Å². The van der Waals surface area contributed by atoms with Crippen LogP contribution >= 0.6 is 0 Å².